The van der Waals surface area contributed by atoms with E-state index in [1.54, 1.807) is 0 Å². The second-order valence-electron chi connectivity index (χ2n) is 5.32. The topological polar surface area (TPSA) is 55.5 Å². The smallest absolute Gasteiger partial charge is 0.101 e. The monoisotopic (exact) mass is 187 g/mol. The molecular formula is C10H21NO2. The predicted molar refractivity (Wildman–Crippen MR) is 52.4 cm³/mol. The molecule has 0 amide bonds. The van der Waals surface area contributed by atoms with Crippen LogP contribution in [-0.4, -0.2) is 30.5 Å². The Labute approximate surface area is 80.3 Å². The molecule has 0 aromatic carbocycles. The zero-order valence-corrected chi connectivity index (χ0v) is 9.05. The van der Waals surface area contributed by atoms with Gasteiger partial charge in [-0.15, -0.1) is 0 Å². The van der Waals surface area contributed by atoms with Crippen LogP contribution in [0, 0.1) is 10.8 Å². The molecule has 3 heteroatoms. The highest BCUT2D eigenvalue weighted by Gasteiger charge is 2.57. The molecule has 1 atom stereocenters. The van der Waals surface area contributed by atoms with Crippen molar-refractivity contribution in [2.75, 3.05) is 19.8 Å². The second kappa shape index (κ2) is 2.94. The third-order valence-corrected chi connectivity index (χ3v) is 3.52. The number of hydrogen-bond acceptors (Lipinski definition) is 3. The molecule has 0 spiro atoms. The van der Waals surface area contributed by atoms with E-state index in [0.29, 0.717) is 19.8 Å². The summed E-state index contributed by atoms with van der Waals surface area (Å²) in [6.07, 6.45) is 0. The predicted octanol–water partition coefficient (Wildman–Crippen LogP) is 0.759. The van der Waals surface area contributed by atoms with Crippen molar-refractivity contribution in [2.45, 2.75) is 33.3 Å². The summed E-state index contributed by atoms with van der Waals surface area (Å²) in [5.74, 6) is 0. The third-order valence-electron chi connectivity index (χ3n) is 3.52. The van der Waals surface area contributed by atoms with Crippen molar-refractivity contribution in [1.29, 1.82) is 0 Å². The molecule has 1 aliphatic heterocycles. The summed E-state index contributed by atoms with van der Waals surface area (Å²) in [6, 6.07) is 0. The molecule has 1 aliphatic rings. The van der Waals surface area contributed by atoms with Crippen LogP contribution in [0.15, 0.2) is 0 Å². The molecule has 1 fully saturated rings. The Bertz CT molecular complexity index is 201. The Hall–Kier alpha value is -0.120. The van der Waals surface area contributed by atoms with Crippen molar-refractivity contribution in [3.63, 3.8) is 0 Å². The Balaban J connectivity index is 2.99. The largest absolute Gasteiger partial charge is 0.386 e. The molecule has 0 bridgehead atoms. The number of nitrogens with two attached hydrogens (primary N) is 1. The fraction of sp³-hybridized carbons (Fsp3) is 1.00. The maximum absolute atomic E-state index is 10.5. The number of hydrogen-bond donors (Lipinski definition) is 2. The minimum Gasteiger partial charge on any atom is -0.386 e. The normalized spacial score (nSPS) is 33.7. The summed E-state index contributed by atoms with van der Waals surface area (Å²) >= 11 is 0. The van der Waals surface area contributed by atoms with Gasteiger partial charge < -0.3 is 15.6 Å². The Morgan fingerprint density at radius 3 is 2.23 bits per heavy atom. The van der Waals surface area contributed by atoms with Crippen LogP contribution in [0.1, 0.15) is 27.7 Å². The van der Waals surface area contributed by atoms with E-state index in [2.05, 4.69) is 0 Å². The molecule has 1 saturated heterocycles. The lowest BCUT2D eigenvalue weighted by Gasteiger charge is -2.46. The maximum atomic E-state index is 10.5. The highest BCUT2D eigenvalue weighted by Crippen LogP contribution is 2.47. The van der Waals surface area contributed by atoms with E-state index in [0.717, 1.165) is 0 Å². The summed E-state index contributed by atoms with van der Waals surface area (Å²) in [5.41, 5.74) is 4.36. The van der Waals surface area contributed by atoms with Crippen molar-refractivity contribution < 1.29 is 9.84 Å². The van der Waals surface area contributed by atoms with Gasteiger partial charge >= 0.3 is 0 Å². The van der Waals surface area contributed by atoms with Crippen molar-refractivity contribution >= 4 is 0 Å². The average Bonchev–Trinajstić information content (AvgIpc) is 2.28. The molecule has 13 heavy (non-hydrogen) atoms. The SMILES string of the molecule is CC(C)(CN)C1(O)COCC1(C)C. The molecule has 3 N–H and O–H groups in total. The lowest BCUT2D eigenvalue weighted by Crippen LogP contribution is -2.57. The highest BCUT2D eigenvalue weighted by molar-refractivity contribution is 5.06. The molecule has 1 rings (SSSR count). The molecule has 0 aliphatic carbocycles. The molecule has 1 unspecified atom stereocenters. The van der Waals surface area contributed by atoms with Gasteiger partial charge in [0.25, 0.3) is 0 Å². The molecule has 78 valence electrons. The van der Waals surface area contributed by atoms with Crippen LogP contribution >= 0.6 is 0 Å². The second-order valence-corrected chi connectivity index (χ2v) is 5.32. The van der Waals surface area contributed by atoms with Crippen LogP contribution in [0.3, 0.4) is 0 Å². The Kier molecular flexibility index (Phi) is 2.48. The van der Waals surface area contributed by atoms with Crippen molar-refractivity contribution in [2.24, 2.45) is 16.6 Å². The van der Waals surface area contributed by atoms with E-state index in [9.17, 15) is 5.11 Å². The van der Waals surface area contributed by atoms with Gasteiger partial charge in [0.15, 0.2) is 0 Å². The molecule has 3 nitrogen and oxygen atoms in total. The van der Waals surface area contributed by atoms with Gasteiger partial charge in [0.05, 0.1) is 13.2 Å². The fourth-order valence-corrected chi connectivity index (χ4v) is 2.05. The number of rotatable bonds is 2. The first-order chi connectivity index (χ1) is 5.77. The summed E-state index contributed by atoms with van der Waals surface area (Å²) in [7, 11) is 0. The van der Waals surface area contributed by atoms with Gasteiger partial charge in [-0.2, -0.15) is 0 Å². The van der Waals surface area contributed by atoms with Crippen LogP contribution in [0.4, 0.5) is 0 Å². The first kappa shape index (κ1) is 11.0. The minimum absolute atomic E-state index is 0.212. The lowest BCUT2D eigenvalue weighted by molar-refractivity contribution is -0.119. The summed E-state index contributed by atoms with van der Waals surface area (Å²) in [4.78, 5) is 0. The number of ether oxygens (including phenoxy) is 1. The van der Waals surface area contributed by atoms with Crippen molar-refractivity contribution in [3.05, 3.63) is 0 Å². The first-order valence-electron chi connectivity index (χ1n) is 4.77. The van der Waals surface area contributed by atoms with Crippen LogP contribution in [0.2, 0.25) is 0 Å². The first-order valence-corrected chi connectivity index (χ1v) is 4.77. The average molecular weight is 187 g/mol. The molecule has 0 saturated carbocycles. The van der Waals surface area contributed by atoms with E-state index in [-0.39, 0.29) is 10.8 Å². The Morgan fingerprint density at radius 1 is 1.38 bits per heavy atom. The summed E-state index contributed by atoms with van der Waals surface area (Å²) in [5, 5.41) is 10.5. The van der Waals surface area contributed by atoms with Crippen LogP contribution in [-0.2, 0) is 4.74 Å². The molecule has 1 heterocycles. The molecule has 0 aromatic rings. The van der Waals surface area contributed by atoms with E-state index in [4.69, 9.17) is 10.5 Å². The molecule has 0 aromatic heterocycles. The van der Waals surface area contributed by atoms with Crippen molar-refractivity contribution in [3.8, 4) is 0 Å². The van der Waals surface area contributed by atoms with Gasteiger partial charge in [0.1, 0.15) is 5.60 Å². The highest BCUT2D eigenvalue weighted by atomic mass is 16.5. The van der Waals surface area contributed by atoms with Crippen LogP contribution in [0.25, 0.3) is 0 Å². The standard InChI is InChI=1S/C10H21NO2/c1-8(2,5-11)10(12)7-13-6-9(10,3)4/h12H,5-7,11H2,1-4H3. The number of aliphatic hydroxyl groups is 1. The van der Waals surface area contributed by atoms with Gasteiger partial charge in [-0.3, -0.25) is 0 Å². The van der Waals surface area contributed by atoms with E-state index < -0.39 is 5.60 Å². The zero-order valence-electron chi connectivity index (χ0n) is 9.05. The summed E-state index contributed by atoms with van der Waals surface area (Å²) < 4.78 is 5.36. The quantitative estimate of drug-likeness (QED) is 0.671. The van der Waals surface area contributed by atoms with Gasteiger partial charge in [-0.25, -0.2) is 0 Å². The van der Waals surface area contributed by atoms with Crippen LogP contribution in [0.5, 0.6) is 0 Å². The van der Waals surface area contributed by atoms with Gasteiger partial charge in [0.2, 0.25) is 0 Å². The van der Waals surface area contributed by atoms with Gasteiger partial charge in [-0.05, 0) is 0 Å². The molecular weight excluding hydrogens is 166 g/mol. The summed E-state index contributed by atoms with van der Waals surface area (Å²) in [6.45, 7) is 9.50. The van der Waals surface area contributed by atoms with Gasteiger partial charge in [0, 0.05) is 17.4 Å². The van der Waals surface area contributed by atoms with E-state index >= 15 is 0 Å². The van der Waals surface area contributed by atoms with E-state index in [1.807, 2.05) is 27.7 Å². The van der Waals surface area contributed by atoms with Crippen LogP contribution < -0.4 is 5.73 Å². The van der Waals surface area contributed by atoms with Crippen molar-refractivity contribution in [1.82, 2.24) is 0 Å². The zero-order chi connectivity index (χ0) is 10.3. The van der Waals surface area contributed by atoms with Gasteiger partial charge in [-0.1, -0.05) is 27.7 Å². The van der Waals surface area contributed by atoms with E-state index in [1.165, 1.54) is 0 Å². The molecule has 0 radical (unpaired) electrons. The lowest BCUT2D eigenvalue weighted by atomic mass is 9.63. The maximum Gasteiger partial charge on any atom is 0.101 e. The third kappa shape index (κ3) is 1.39. The minimum atomic E-state index is -0.811. The fourth-order valence-electron chi connectivity index (χ4n) is 2.05. The Morgan fingerprint density at radius 2 is 1.92 bits per heavy atom.